The fourth-order valence-corrected chi connectivity index (χ4v) is 2.57. The number of piperidine rings is 1. The molecule has 0 aromatic heterocycles. The monoisotopic (exact) mass is 281 g/mol. The molecule has 1 aromatic carbocycles. The van der Waals surface area contributed by atoms with Gasteiger partial charge in [-0.1, -0.05) is 20.3 Å². The van der Waals surface area contributed by atoms with Crippen LogP contribution in [0.2, 0.25) is 0 Å². The van der Waals surface area contributed by atoms with Crippen molar-refractivity contribution < 1.29 is 13.6 Å². The van der Waals surface area contributed by atoms with Crippen LogP contribution in [-0.4, -0.2) is 30.3 Å². The zero-order valence-corrected chi connectivity index (χ0v) is 12.1. The van der Waals surface area contributed by atoms with Gasteiger partial charge in [-0.25, -0.2) is 8.78 Å². The second-order valence-corrected chi connectivity index (χ2v) is 5.99. The third-order valence-corrected chi connectivity index (χ3v) is 4.53. The first kappa shape index (κ1) is 15.1. The molecule has 1 heterocycles. The van der Waals surface area contributed by atoms with E-state index in [-0.39, 0.29) is 17.9 Å². The van der Waals surface area contributed by atoms with E-state index in [2.05, 4.69) is 18.7 Å². The molecule has 0 saturated carbocycles. The lowest BCUT2D eigenvalue weighted by Crippen LogP contribution is -2.41. The van der Waals surface area contributed by atoms with E-state index < -0.39 is 11.6 Å². The van der Waals surface area contributed by atoms with Crippen LogP contribution >= 0.6 is 0 Å². The Kier molecular flexibility index (Phi) is 4.53. The summed E-state index contributed by atoms with van der Waals surface area (Å²) >= 11 is 0. The minimum absolute atomic E-state index is 0.149. The van der Waals surface area contributed by atoms with E-state index in [0.29, 0.717) is 5.41 Å². The predicted octanol–water partition coefficient (Wildman–Crippen LogP) is 3.66. The van der Waals surface area contributed by atoms with Gasteiger partial charge in [-0.15, -0.1) is 0 Å². The van der Waals surface area contributed by atoms with Crippen LogP contribution in [0.5, 0.6) is 0 Å². The highest BCUT2D eigenvalue weighted by Crippen LogP contribution is 2.33. The third kappa shape index (κ3) is 3.42. The second-order valence-electron chi connectivity index (χ2n) is 5.99. The van der Waals surface area contributed by atoms with Crippen LogP contribution in [0.25, 0.3) is 0 Å². The lowest BCUT2D eigenvalue weighted by atomic mass is 9.78. The number of carbonyl (C=O) groups excluding carboxylic acids is 1. The number of halogens is 2. The molecule has 4 heteroatoms. The number of hydrogen-bond acceptors (Lipinski definition) is 2. The van der Waals surface area contributed by atoms with Crippen molar-refractivity contribution in [3.8, 4) is 0 Å². The van der Waals surface area contributed by atoms with Crippen molar-refractivity contribution >= 4 is 5.78 Å². The minimum Gasteiger partial charge on any atom is -0.296 e. The average Bonchev–Trinajstić information content (AvgIpc) is 2.44. The van der Waals surface area contributed by atoms with Crippen molar-refractivity contribution in [1.82, 2.24) is 4.90 Å². The van der Waals surface area contributed by atoms with Gasteiger partial charge in [-0.05, 0) is 49.5 Å². The molecule has 20 heavy (non-hydrogen) atoms. The highest BCUT2D eigenvalue weighted by Gasteiger charge is 2.29. The molecule has 0 amide bonds. The third-order valence-electron chi connectivity index (χ3n) is 4.53. The lowest BCUT2D eigenvalue weighted by molar-refractivity contribution is 0.0812. The maximum atomic E-state index is 13.1. The van der Waals surface area contributed by atoms with Crippen molar-refractivity contribution in [1.29, 1.82) is 0 Å². The van der Waals surface area contributed by atoms with Gasteiger partial charge in [0.1, 0.15) is 0 Å². The molecule has 0 bridgehead atoms. The molecule has 0 aliphatic carbocycles. The van der Waals surface area contributed by atoms with Crippen LogP contribution in [-0.2, 0) is 0 Å². The molecular weight excluding hydrogens is 260 g/mol. The Morgan fingerprint density at radius 2 is 1.90 bits per heavy atom. The van der Waals surface area contributed by atoms with E-state index in [4.69, 9.17) is 0 Å². The fraction of sp³-hybridized carbons (Fsp3) is 0.562. The Labute approximate surface area is 118 Å². The number of ketones is 1. The van der Waals surface area contributed by atoms with E-state index >= 15 is 0 Å². The molecule has 1 aliphatic rings. The summed E-state index contributed by atoms with van der Waals surface area (Å²) in [5.41, 5.74) is 0.620. The fourth-order valence-electron chi connectivity index (χ4n) is 2.57. The van der Waals surface area contributed by atoms with Gasteiger partial charge in [0.15, 0.2) is 17.4 Å². The zero-order valence-electron chi connectivity index (χ0n) is 12.1. The summed E-state index contributed by atoms with van der Waals surface area (Å²) in [7, 11) is 0. The van der Waals surface area contributed by atoms with Crippen molar-refractivity contribution in [2.24, 2.45) is 5.41 Å². The maximum Gasteiger partial charge on any atom is 0.176 e. The normalized spacial score (nSPS) is 19.0. The number of rotatable bonds is 4. The van der Waals surface area contributed by atoms with Crippen molar-refractivity contribution in [2.75, 3.05) is 19.6 Å². The van der Waals surface area contributed by atoms with Gasteiger partial charge in [-0.2, -0.15) is 0 Å². The number of Topliss-reactive ketones (excluding diaryl/α,β-unsaturated/α-hetero) is 1. The van der Waals surface area contributed by atoms with Crippen molar-refractivity contribution in [2.45, 2.75) is 33.1 Å². The van der Waals surface area contributed by atoms with Gasteiger partial charge in [0.05, 0.1) is 6.54 Å². The number of carbonyl (C=O) groups is 1. The highest BCUT2D eigenvalue weighted by atomic mass is 19.2. The number of likely N-dealkylation sites (tertiary alicyclic amines) is 1. The summed E-state index contributed by atoms with van der Waals surface area (Å²) in [6, 6.07) is 3.34. The van der Waals surface area contributed by atoms with Crippen LogP contribution in [0, 0.1) is 17.0 Å². The molecule has 1 fully saturated rings. The zero-order chi connectivity index (χ0) is 14.8. The van der Waals surface area contributed by atoms with Gasteiger partial charge in [-0.3, -0.25) is 9.69 Å². The first-order valence-corrected chi connectivity index (χ1v) is 7.14. The maximum absolute atomic E-state index is 13.1. The van der Waals surface area contributed by atoms with E-state index in [1.165, 1.54) is 6.07 Å². The Morgan fingerprint density at radius 3 is 2.45 bits per heavy atom. The van der Waals surface area contributed by atoms with Crippen LogP contribution in [0.4, 0.5) is 8.78 Å². The second kappa shape index (κ2) is 6.00. The Bertz CT molecular complexity index is 493. The summed E-state index contributed by atoms with van der Waals surface area (Å²) in [6.07, 6.45) is 3.31. The largest absolute Gasteiger partial charge is 0.296 e. The molecule has 110 valence electrons. The van der Waals surface area contributed by atoms with Gasteiger partial charge < -0.3 is 0 Å². The summed E-state index contributed by atoms with van der Waals surface area (Å²) in [6.45, 7) is 6.54. The lowest BCUT2D eigenvalue weighted by Gasteiger charge is -2.38. The van der Waals surface area contributed by atoms with E-state index in [9.17, 15) is 13.6 Å². The van der Waals surface area contributed by atoms with Crippen LogP contribution in [0.15, 0.2) is 18.2 Å². The Balaban J connectivity index is 1.94. The summed E-state index contributed by atoms with van der Waals surface area (Å²) in [5, 5.41) is 0. The van der Waals surface area contributed by atoms with Crippen LogP contribution < -0.4 is 0 Å². The van der Waals surface area contributed by atoms with Gasteiger partial charge in [0.2, 0.25) is 0 Å². The van der Waals surface area contributed by atoms with E-state index in [1.807, 2.05) is 0 Å². The minimum atomic E-state index is -0.965. The highest BCUT2D eigenvalue weighted by molar-refractivity contribution is 5.97. The standard InChI is InChI=1S/C16H21F2NO/c1-3-16(2)6-8-19(9-7-16)11-15(20)12-4-5-13(17)14(18)10-12/h4-5,10H,3,6-9,11H2,1-2H3. The molecular formula is C16H21F2NO. The molecule has 1 aromatic rings. The molecule has 2 rings (SSSR count). The number of nitrogens with zero attached hydrogens (tertiary/aromatic N) is 1. The summed E-state index contributed by atoms with van der Waals surface area (Å²) in [4.78, 5) is 14.2. The molecule has 0 spiro atoms. The summed E-state index contributed by atoms with van der Waals surface area (Å²) < 4.78 is 26.0. The molecule has 1 aliphatic heterocycles. The molecule has 2 nitrogen and oxygen atoms in total. The topological polar surface area (TPSA) is 20.3 Å². The Morgan fingerprint density at radius 1 is 1.25 bits per heavy atom. The summed E-state index contributed by atoms with van der Waals surface area (Å²) in [5.74, 6) is -2.03. The molecule has 0 N–H and O–H groups in total. The van der Waals surface area contributed by atoms with Crippen LogP contribution in [0.1, 0.15) is 43.5 Å². The van der Waals surface area contributed by atoms with Crippen molar-refractivity contribution in [3.63, 3.8) is 0 Å². The number of benzene rings is 1. The number of hydrogen-bond donors (Lipinski definition) is 0. The molecule has 1 saturated heterocycles. The average molecular weight is 281 g/mol. The van der Waals surface area contributed by atoms with Gasteiger partial charge in [0, 0.05) is 5.56 Å². The van der Waals surface area contributed by atoms with Gasteiger partial charge in [0.25, 0.3) is 0 Å². The van der Waals surface area contributed by atoms with E-state index in [1.54, 1.807) is 0 Å². The van der Waals surface area contributed by atoms with Gasteiger partial charge >= 0.3 is 0 Å². The first-order valence-electron chi connectivity index (χ1n) is 7.14. The van der Waals surface area contributed by atoms with Crippen molar-refractivity contribution in [3.05, 3.63) is 35.4 Å². The molecule has 0 unspecified atom stereocenters. The van der Waals surface area contributed by atoms with Crippen LogP contribution in [0.3, 0.4) is 0 Å². The Hall–Kier alpha value is -1.29. The predicted molar refractivity (Wildman–Crippen MR) is 74.8 cm³/mol. The molecule has 0 radical (unpaired) electrons. The smallest absolute Gasteiger partial charge is 0.176 e. The molecule has 0 atom stereocenters. The quantitative estimate of drug-likeness (QED) is 0.785. The van der Waals surface area contributed by atoms with E-state index in [0.717, 1.165) is 44.5 Å². The SMILES string of the molecule is CCC1(C)CCN(CC(=O)c2ccc(F)c(F)c2)CC1. The first-order chi connectivity index (χ1) is 9.43.